The lowest BCUT2D eigenvalue weighted by Crippen LogP contribution is -2.25. The molecule has 1 amide bonds. The van der Waals surface area contributed by atoms with Crippen LogP contribution in [0.4, 0.5) is 5.69 Å². The number of methoxy groups -OCH3 is 1. The summed E-state index contributed by atoms with van der Waals surface area (Å²) >= 11 is 0. The van der Waals surface area contributed by atoms with Gasteiger partial charge in [-0.3, -0.25) is 14.2 Å². The van der Waals surface area contributed by atoms with E-state index in [9.17, 15) is 9.59 Å². The largest absolute Gasteiger partial charge is 0.497 e. The Hall–Kier alpha value is -4.39. The average molecular weight is 467 g/mol. The molecule has 5 rings (SSSR count). The predicted octanol–water partition coefficient (Wildman–Crippen LogP) is 4.61. The van der Waals surface area contributed by atoms with Crippen LogP contribution < -0.4 is 15.6 Å². The van der Waals surface area contributed by atoms with Crippen molar-refractivity contribution in [2.24, 2.45) is 0 Å². The molecule has 0 aliphatic heterocycles. The van der Waals surface area contributed by atoms with E-state index in [1.807, 2.05) is 72.8 Å². The Balaban J connectivity index is 1.53. The van der Waals surface area contributed by atoms with E-state index in [0.29, 0.717) is 17.6 Å². The van der Waals surface area contributed by atoms with Gasteiger partial charge >= 0.3 is 0 Å². The number of aromatic nitrogens is 3. The monoisotopic (exact) mass is 466 g/mol. The predicted molar refractivity (Wildman–Crippen MR) is 138 cm³/mol. The molecule has 2 heterocycles. The van der Waals surface area contributed by atoms with Crippen molar-refractivity contribution in [2.45, 2.75) is 26.4 Å². The maximum Gasteiger partial charge on any atom is 0.278 e. The summed E-state index contributed by atoms with van der Waals surface area (Å²) in [5, 5.41) is 3.81. The zero-order chi connectivity index (χ0) is 24.4. The first-order valence-electron chi connectivity index (χ1n) is 11.6. The lowest BCUT2D eigenvalue weighted by atomic mass is 10.1. The number of ether oxygens (including phenoxy) is 1. The molecule has 5 aromatic rings. The number of anilines is 1. The van der Waals surface area contributed by atoms with E-state index in [1.54, 1.807) is 22.6 Å². The normalized spacial score (nSPS) is 11.1. The van der Waals surface area contributed by atoms with E-state index in [0.717, 1.165) is 39.9 Å². The lowest BCUT2D eigenvalue weighted by Gasteiger charge is -2.11. The second-order valence-electron chi connectivity index (χ2n) is 8.43. The van der Waals surface area contributed by atoms with Gasteiger partial charge in [0.05, 0.1) is 25.5 Å². The third-order valence-electron chi connectivity index (χ3n) is 6.17. The first-order valence-corrected chi connectivity index (χ1v) is 11.6. The van der Waals surface area contributed by atoms with Gasteiger partial charge < -0.3 is 14.6 Å². The maximum absolute atomic E-state index is 13.6. The van der Waals surface area contributed by atoms with E-state index in [1.165, 1.54) is 0 Å². The zero-order valence-electron chi connectivity index (χ0n) is 19.7. The number of amides is 1. The molecule has 2 aromatic heterocycles. The first kappa shape index (κ1) is 22.4. The number of hydrogen-bond donors (Lipinski definition) is 1. The SMILES string of the molecule is CCc1cccc(NC(=O)Cn2c3ccccc3c3ncn(Cc4ccc(OC)cc4)c(=O)c32)c1. The minimum absolute atomic E-state index is 0.00380. The van der Waals surface area contributed by atoms with Crippen LogP contribution in [0.25, 0.3) is 21.9 Å². The van der Waals surface area contributed by atoms with Gasteiger partial charge in [-0.25, -0.2) is 4.98 Å². The van der Waals surface area contributed by atoms with Crippen LogP contribution in [0.1, 0.15) is 18.1 Å². The third kappa shape index (κ3) is 4.40. The smallest absolute Gasteiger partial charge is 0.278 e. The average Bonchev–Trinajstić information content (AvgIpc) is 3.20. The molecule has 0 spiro atoms. The highest BCUT2D eigenvalue weighted by Gasteiger charge is 2.18. The molecule has 3 aromatic carbocycles. The van der Waals surface area contributed by atoms with Gasteiger partial charge in [-0.15, -0.1) is 0 Å². The topological polar surface area (TPSA) is 78.2 Å². The quantitative estimate of drug-likeness (QED) is 0.380. The number of aryl methyl sites for hydroxylation is 1. The number of carbonyl (C=O) groups excluding carboxylic acids is 1. The number of benzene rings is 3. The Morgan fingerprint density at radius 3 is 2.57 bits per heavy atom. The van der Waals surface area contributed by atoms with Crippen LogP contribution in [0.15, 0.2) is 83.9 Å². The lowest BCUT2D eigenvalue weighted by molar-refractivity contribution is -0.116. The van der Waals surface area contributed by atoms with Gasteiger partial charge in [-0.2, -0.15) is 0 Å². The minimum atomic E-state index is -0.203. The fourth-order valence-corrected chi connectivity index (χ4v) is 4.37. The number of nitrogens with zero attached hydrogens (tertiary/aromatic N) is 3. The van der Waals surface area contributed by atoms with Crippen molar-refractivity contribution in [2.75, 3.05) is 12.4 Å². The summed E-state index contributed by atoms with van der Waals surface area (Å²) in [6.07, 6.45) is 2.46. The molecule has 0 atom stereocenters. The summed E-state index contributed by atoms with van der Waals surface area (Å²) in [6.45, 7) is 2.44. The van der Waals surface area contributed by atoms with Gasteiger partial charge in [0.25, 0.3) is 5.56 Å². The number of rotatable bonds is 7. The summed E-state index contributed by atoms with van der Waals surface area (Å²) in [4.78, 5) is 31.3. The van der Waals surface area contributed by atoms with E-state index in [-0.39, 0.29) is 18.0 Å². The summed E-state index contributed by atoms with van der Waals surface area (Å²) in [6, 6.07) is 23.0. The van der Waals surface area contributed by atoms with Gasteiger partial charge in [0.15, 0.2) is 0 Å². The van der Waals surface area contributed by atoms with Crippen LogP contribution >= 0.6 is 0 Å². The third-order valence-corrected chi connectivity index (χ3v) is 6.17. The van der Waals surface area contributed by atoms with E-state index in [4.69, 9.17) is 4.74 Å². The standard InChI is InChI=1S/C28H26N4O3/c1-3-19-7-6-8-21(15-19)30-25(33)17-32-24-10-5-4-9-23(24)26-27(32)28(34)31(18-29-26)16-20-11-13-22(35-2)14-12-20/h4-15,18H,3,16-17H2,1-2H3,(H,30,33). The molecule has 0 bridgehead atoms. The Labute approximate surface area is 202 Å². The molecule has 0 aliphatic carbocycles. The fourth-order valence-electron chi connectivity index (χ4n) is 4.37. The van der Waals surface area contributed by atoms with Gasteiger partial charge in [0, 0.05) is 11.1 Å². The van der Waals surface area contributed by atoms with Crippen molar-refractivity contribution in [3.63, 3.8) is 0 Å². The Morgan fingerprint density at radius 1 is 1.00 bits per heavy atom. The molecule has 0 radical (unpaired) electrons. The van der Waals surface area contributed by atoms with E-state index >= 15 is 0 Å². The molecule has 0 unspecified atom stereocenters. The molecule has 0 fully saturated rings. The first-order chi connectivity index (χ1) is 17.1. The summed E-state index contributed by atoms with van der Waals surface area (Å²) in [5.74, 6) is 0.552. The molecule has 0 saturated carbocycles. The van der Waals surface area contributed by atoms with Crippen LogP contribution in [-0.2, 0) is 24.3 Å². The van der Waals surface area contributed by atoms with Crippen molar-refractivity contribution < 1.29 is 9.53 Å². The van der Waals surface area contributed by atoms with Gasteiger partial charge in [0.2, 0.25) is 5.91 Å². The van der Waals surface area contributed by atoms with Crippen LogP contribution in [0.5, 0.6) is 5.75 Å². The number of fused-ring (bicyclic) bond motifs is 3. The number of carbonyl (C=O) groups is 1. The zero-order valence-corrected chi connectivity index (χ0v) is 19.7. The molecule has 35 heavy (non-hydrogen) atoms. The second kappa shape index (κ2) is 9.46. The summed E-state index contributed by atoms with van der Waals surface area (Å²) < 4.78 is 8.56. The van der Waals surface area contributed by atoms with Crippen molar-refractivity contribution in [1.29, 1.82) is 0 Å². The molecule has 7 heteroatoms. The second-order valence-corrected chi connectivity index (χ2v) is 8.43. The van der Waals surface area contributed by atoms with Gasteiger partial charge in [-0.1, -0.05) is 49.4 Å². The fraction of sp³-hybridized carbons (Fsp3) is 0.179. The highest BCUT2D eigenvalue weighted by Crippen LogP contribution is 2.25. The molecule has 0 saturated heterocycles. The minimum Gasteiger partial charge on any atom is -0.497 e. The van der Waals surface area contributed by atoms with Crippen LogP contribution in [0, 0.1) is 0 Å². The van der Waals surface area contributed by atoms with Crippen LogP contribution in [0.2, 0.25) is 0 Å². The van der Waals surface area contributed by atoms with Gasteiger partial charge in [-0.05, 0) is 47.9 Å². The van der Waals surface area contributed by atoms with E-state index in [2.05, 4.69) is 17.2 Å². The Kier molecular flexibility index (Phi) is 6.06. The Morgan fingerprint density at radius 2 is 1.80 bits per heavy atom. The molecular formula is C28H26N4O3. The summed E-state index contributed by atoms with van der Waals surface area (Å²) in [7, 11) is 1.62. The van der Waals surface area contributed by atoms with E-state index < -0.39 is 0 Å². The highest BCUT2D eigenvalue weighted by atomic mass is 16.5. The molecule has 7 nitrogen and oxygen atoms in total. The summed E-state index contributed by atoms with van der Waals surface area (Å²) in [5.41, 5.74) is 4.45. The van der Waals surface area contributed by atoms with Crippen molar-refractivity contribution in [3.05, 3.63) is 101 Å². The number of hydrogen-bond acceptors (Lipinski definition) is 4. The Bertz CT molecular complexity index is 1580. The van der Waals surface area contributed by atoms with Crippen LogP contribution in [-0.4, -0.2) is 27.1 Å². The molecule has 0 aliphatic rings. The van der Waals surface area contributed by atoms with Crippen molar-refractivity contribution in [1.82, 2.24) is 14.1 Å². The van der Waals surface area contributed by atoms with Crippen molar-refractivity contribution in [3.8, 4) is 5.75 Å². The van der Waals surface area contributed by atoms with Crippen LogP contribution in [0.3, 0.4) is 0 Å². The molecule has 1 N–H and O–H groups in total. The molecule has 176 valence electrons. The number of para-hydroxylation sites is 1. The highest BCUT2D eigenvalue weighted by molar-refractivity contribution is 6.06. The number of nitrogens with one attached hydrogen (secondary N) is 1. The van der Waals surface area contributed by atoms with Crippen molar-refractivity contribution >= 4 is 33.5 Å². The van der Waals surface area contributed by atoms with Gasteiger partial charge in [0.1, 0.15) is 23.3 Å². The molecular weight excluding hydrogens is 440 g/mol. The maximum atomic E-state index is 13.6.